The molecule has 7 heteroatoms. The summed E-state index contributed by atoms with van der Waals surface area (Å²) < 4.78 is 10.7. The van der Waals surface area contributed by atoms with Gasteiger partial charge in [-0.25, -0.2) is 15.8 Å². The fourth-order valence-corrected chi connectivity index (χ4v) is 1.92. The Labute approximate surface area is 117 Å². The smallest absolute Gasteiger partial charge is 0.206 e. The zero-order valence-electron chi connectivity index (χ0n) is 11.6. The van der Waals surface area contributed by atoms with Crippen molar-refractivity contribution < 1.29 is 9.47 Å². The van der Waals surface area contributed by atoms with Crippen molar-refractivity contribution in [1.82, 2.24) is 9.97 Å². The van der Waals surface area contributed by atoms with Crippen LogP contribution in [-0.4, -0.2) is 31.2 Å². The maximum absolute atomic E-state index is 5.43. The Balaban J connectivity index is 2.50. The Morgan fingerprint density at radius 3 is 2.55 bits per heavy atom. The number of aromatic nitrogens is 2. The van der Waals surface area contributed by atoms with Gasteiger partial charge in [0, 0.05) is 7.05 Å². The number of hydrogen-bond acceptors (Lipinski definition) is 7. The summed E-state index contributed by atoms with van der Waals surface area (Å²) in [7, 11) is 5.03. The minimum absolute atomic E-state index is 0.416. The molecule has 106 valence electrons. The molecule has 1 aromatic heterocycles. The maximum Gasteiger partial charge on any atom is 0.206 e. The first-order valence-electron chi connectivity index (χ1n) is 5.95. The summed E-state index contributed by atoms with van der Waals surface area (Å²) >= 11 is 0. The van der Waals surface area contributed by atoms with Crippen molar-refractivity contribution in [3.8, 4) is 11.5 Å². The van der Waals surface area contributed by atoms with Crippen molar-refractivity contribution in [3.05, 3.63) is 30.6 Å². The zero-order chi connectivity index (χ0) is 14.5. The first-order chi connectivity index (χ1) is 9.72. The lowest BCUT2D eigenvalue weighted by atomic mass is 10.2. The van der Waals surface area contributed by atoms with Crippen LogP contribution in [-0.2, 0) is 0 Å². The Bertz CT molecular complexity index is 591. The fourth-order valence-electron chi connectivity index (χ4n) is 1.92. The molecule has 0 bridgehead atoms. The molecule has 0 radical (unpaired) electrons. The van der Waals surface area contributed by atoms with Crippen LogP contribution in [0.25, 0.3) is 0 Å². The molecule has 1 aromatic carbocycles. The van der Waals surface area contributed by atoms with Gasteiger partial charge in [0.2, 0.25) is 5.75 Å². The Morgan fingerprint density at radius 2 is 1.90 bits per heavy atom. The van der Waals surface area contributed by atoms with Crippen molar-refractivity contribution in [2.45, 2.75) is 0 Å². The lowest BCUT2D eigenvalue weighted by Gasteiger charge is -2.23. The number of nitrogens with zero attached hydrogens (tertiary/aromatic N) is 3. The third kappa shape index (κ3) is 2.43. The Hall–Kier alpha value is -2.54. The number of hydrazine groups is 1. The molecular formula is C13H17N5O2. The Morgan fingerprint density at radius 1 is 1.15 bits per heavy atom. The third-order valence-electron chi connectivity index (χ3n) is 2.89. The van der Waals surface area contributed by atoms with E-state index >= 15 is 0 Å². The summed E-state index contributed by atoms with van der Waals surface area (Å²) in [5.41, 5.74) is 3.34. The van der Waals surface area contributed by atoms with Gasteiger partial charge in [-0.1, -0.05) is 12.1 Å². The van der Waals surface area contributed by atoms with Crippen molar-refractivity contribution in [1.29, 1.82) is 0 Å². The van der Waals surface area contributed by atoms with E-state index in [1.54, 1.807) is 14.2 Å². The van der Waals surface area contributed by atoms with E-state index in [-0.39, 0.29) is 0 Å². The molecule has 2 aromatic rings. The summed E-state index contributed by atoms with van der Waals surface area (Å²) in [6, 6.07) is 7.63. The second-order valence-electron chi connectivity index (χ2n) is 3.95. The topological polar surface area (TPSA) is 85.5 Å². The zero-order valence-corrected chi connectivity index (χ0v) is 11.6. The van der Waals surface area contributed by atoms with Crippen LogP contribution >= 0.6 is 0 Å². The largest absolute Gasteiger partial charge is 0.495 e. The number of para-hydroxylation sites is 2. The average Bonchev–Trinajstić information content (AvgIpc) is 2.53. The molecule has 2 rings (SSSR count). The second kappa shape index (κ2) is 6.07. The SMILES string of the molecule is COc1ccccc1N(C)c1ncnc(NN)c1OC. The molecule has 1 heterocycles. The third-order valence-corrected chi connectivity index (χ3v) is 2.89. The number of nitrogens with two attached hydrogens (primary N) is 1. The molecule has 3 N–H and O–H groups in total. The van der Waals surface area contributed by atoms with Crippen molar-refractivity contribution in [3.63, 3.8) is 0 Å². The standard InChI is InChI=1S/C13H17N5O2/c1-18(9-6-4-5-7-10(9)19-2)13-11(20-3)12(17-14)15-8-16-13/h4-8H,14H2,1-3H3,(H,15,16,17). The monoisotopic (exact) mass is 275 g/mol. The van der Waals surface area contributed by atoms with Crippen LogP contribution in [0.2, 0.25) is 0 Å². The average molecular weight is 275 g/mol. The number of rotatable bonds is 5. The molecule has 0 amide bonds. The van der Waals surface area contributed by atoms with Gasteiger partial charge in [0.05, 0.1) is 19.9 Å². The molecule has 0 saturated carbocycles. The van der Waals surface area contributed by atoms with E-state index in [4.69, 9.17) is 15.3 Å². The summed E-state index contributed by atoms with van der Waals surface area (Å²) in [5.74, 6) is 7.62. The van der Waals surface area contributed by atoms with Gasteiger partial charge < -0.3 is 19.8 Å². The highest BCUT2D eigenvalue weighted by Crippen LogP contribution is 2.37. The number of nitrogen functional groups attached to an aromatic ring is 1. The first kappa shape index (κ1) is 13.9. The summed E-state index contributed by atoms with van der Waals surface area (Å²) in [4.78, 5) is 10.1. The van der Waals surface area contributed by atoms with Gasteiger partial charge in [0.25, 0.3) is 0 Å². The number of hydrogen-bond donors (Lipinski definition) is 2. The quantitative estimate of drug-likeness (QED) is 0.632. The van der Waals surface area contributed by atoms with Gasteiger partial charge in [-0.05, 0) is 12.1 Å². The molecule has 7 nitrogen and oxygen atoms in total. The van der Waals surface area contributed by atoms with E-state index in [1.165, 1.54) is 6.33 Å². The predicted octanol–water partition coefficient (Wildman–Crippen LogP) is 1.55. The predicted molar refractivity (Wildman–Crippen MR) is 77.5 cm³/mol. The van der Waals surface area contributed by atoms with Crippen LogP contribution in [0.15, 0.2) is 30.6 Å². The van der Waals surface area contributed by atoms with Gasteiger partial charge in [0.1, 0.15) is 12.1 Å². The van der Waals surface area contributed by atoms with Crippen molar-refractivity contribution in [2.75, 3.05) is 31.6 Å². The summed E-state index contributed by atoms with van der Waals surface area (Å²) in [6.45, 7) is 0. The molecule has 0 aliphatic carbocycles. The van der Waals surface area contributed by atoms with E-state index < -0.39 is 0 Å². The van der Waals surface area contributed by atoms with Crippen LogP contribution in [0.5, 0.6) is 11.5 Å². The molecule has 0 saturated heterocycles. The normalized spacial score (nSPS) is 10.0. The highest BCUT2D eigenvalue weighted by atomic mass is 16.5. The molecule has 0 aliphatic rings. The van der Waals surface area contributed by atoms with Crippen LogP contribution in [0.3, 0.4) is 0 Å². The molecule has 0 atom stereocenters. The number of anilines is 3. The van der Waals surface area contributed by atoms with Gasteiger partial charge in [-0.15, -0.1) is 0 Å². The molecule has 0 unspecified atom stereocenters. The summed E-state index contributed by atoms with van der Waals surface area (Å²) in [5, 5.41) is 0. The van der Waals surface area contributed by atoms with Crippen LogP contribution in [0.1, 0.15) is 0 Å². The van der Waals surface area contributed by atoms with Gasteiger partial charge in [0.15, 0.2) is 11.6 Å². The van der Waals surface area contributed by atoms with E-state index in [9.17, 15) is 0 Å². The van der Waals surface area contributed by atoms with Gasteiger partial charge in [-0.2, -0.15) is 0 Å². The van der Waals surface area contributed by atoms with E-state index in [0.717, 1.165) is 11.4 Å². The molecular weight excluding hydrogens is 258 g/mol. The first-order valence-corrected chi connectivity index (χ1v) is 5.95. The highest BCUT2D eigenvalue weighted by molar-refractivity contribution is 5.73. The molecule has 20 heavy (non-hydrogen) atoms. The van der Waals surface area contributed by atoms with E-state index in [2.05, 4.69) is 15.4 Å². The van der Waals surface area contributed by atoms with Crippen LogP contribution in [0, 0.1) is 0 Å². The number of methoxy groups -OCH3 is 2. The summed E-state index contributed by atoms with van der Waals surface area (Å²) in [6.07, 6.45) is 1.42. The van der Waals surface area contributed by atoms with E-state index in [0.29, 0.717) is 17.4 Å². The number of ether oxygens (including phenoxy) is 2. The van der Waals surface area contributed by atoms with Crippen LogP contribution < -0.4 is 25.6 Å². The van der Waals surface area contributed by atoms with Gasteiger partial charge in [-0.3, -0.25) is 0 Å². The molecule has 0 fully saturated rings. The minimum atomic E-state index is 0.416. The van der Waals surface area contributed by atoms with Gasteiger partial charge >= 0.3 is 0 Å². The lowest BCUT2D eigenvalue weighted by molar-refractivity contribution is 0.411. The van der Waals surface area contributed by atoms with Crippen LogP contribution in [0.4, 0.5) is 17.3 Å². The maximum atomic E-state index is 5.43. The van der Waals surface area contributed by atoms with Crippen molar-refractivity contribution >= 4 is 17.3 Å². The fraction of sp³-hybridized carbons (Fsp3) is 0.231. The van der Waals surface area contributed by atoms with E-state index in [1.807, 2.05) is 36.2 Å². The van der Waals surface area contributed by atoms with Crippen molar-refractivity contribution in [2.24, 2.45) is 5.84 Å². The minimum Gasteiger partial charge on any atom is -0.495 e. The number of nitrogens with one attached hydrogen (secondary N) is 1. The number of benzene rings is 1. The Kier molecular flexibility index (Phi) is 4.21. The highest BCUT2D eigenvalue weighted by Gasteiger charge is 2.18. The second-order valence-corrected chi connectivity index (χ2v) is 3.95. The molecule has 0 spiro atoms. The lowest BCUT2D eigenvalue weighted by Crippen LogP contribution is -2.17. The molecule has 0 aliphatic heterocycles.